The molecule has 13 rings (SSSR count). The number of anilines is 3. The molecule has 0 saturated carbocycles. The molecule has 0 radical (unpaired) electrons. The Labute approximate surface area is 355 Å². The van der Waals surface area contributed by atoms with E-state index in [1.807, 2.05) is 11.3 Å². The Morgan fingerprint density at radius 2 is 0.967 bits per heavy atom. The summed E-state index contributed by atoms with van der Waals surface area (Å²) < 4.78 is 2.60. The van der Waals surface area contributed by atoms with Crippen LogP contribution in [0.1, 0.15) is 22.3 Å². The van der Waals surface area contributed by atoms with Gasteiger partial charge in [-0.05, 0) is 98.6 Å². The van der Waals surface area contributed by atoms with Crippen molar-refractivity contribution < 1.29 is 0 Å². The van der Waals surface area contributed by atoms with Gasteiger partial charge < -0.3 is 4.90 Å². The summed E-state index contributed by atoms with van der Waals surface area (Å²) in [7, 11) is -1.60. The highest BCUT2D eigenvalue weighted by atomic mass is 32.1. The van der Waals surface area contributed by atoms with E-state index in [1.54, 1.807) is 0 Å². The fourth-order valence-corrected chi connectivity index (χ4v) is 15.5. The molecule has 3 aliphatic rings. The number of hydrogen-bond donors (Lipinski definition) is 0. The Balaban J connectivity index is 1.08. The number of thiophene rings is 1. The van der Waals surface area contributed by atoms with Crippen LogP contribution in [0.3, 0.4) is 0 Å². The molecule has 1 spiro atoms. The monoisotopic (exact) mass is 800 g/mol. The van der Waals surface area contributed by atoms with Crippen LogP contribution in [0.5, 0.6) is 0 Å². The smallest absolute Gasteiger partial charge is 0.114 e. The van der Waals surface area contributed by atoms with Gasteiger partial charge in [-0.25, -0.2) is 0 Å². The number of fused-ring (bicyclic) bond motifs is 16. The number of rotatable bonds is 4. The normalized spacial score (nSPS) is 14.4. The van der Waals surface area contributed by atoms with E-state index in [9.17, 15) is 0 Å². The van der Waals surface area contributed by atoms with Crippen LogP contribution in [-0.4, -0.2) is 13.3 Å². The molecule has 0 amide bonds. The largest absolute Gasteiger partial charge is 0.310 e. The minimum atomic E-state index is -1.60. The maximum Gasteiger partial charge on any atom is 0.114 e. The third-order valence-electron chi connectivity index (χ3n) is 13.7. The van der Waals surface area contributed by atoms with E-state index in [4.69, 9.17) is 0 Å². The molecule has 9 aromatic carbocycles. The van der Waals surface area contributed by atoms with E-state index in [1.165, 1.54) is 103 Å². The van der Waals surface area contributed by atoms with Crippen LogP contribution in [-0.2, 0) is 5.41 Å². The van der Waals surface area contributed by atoms with Gasteiger partial charge in [0.05, 0.1) is 31.7 Å². The maximum absolute atomic E-state index is 2.55. The van der Waals surface area contributed by atoms with E-state index in [0.29, 0.717) is 0 Å². The lowest BCUT2D eigenvalue weighted by molar-refractivity contribution is 0.793. The van der Waals surface area contributed by atoms with Crippen molar-refractivity contribution in [3.05, 3.63) is 222 Å². The molecule has 2 heterocycles. The van der Waals surface area contributed by atoms with Crippen molar-refractivity contribution in [1.29, 1.82) is 0 Å². The van der Waals surface area contributed by atoms with Crippen LogP contribution in [0.15, 0.2) is 200 Å². The van der Waals surface area contributed by atoms with Crippen LogP contribution in [0.25, 0.3) is 64.7 Å². The van der Waals surface area contributed by atoms with E-state index in [-0.39, 0.29) is 0 Å². The minimum absolute atomic E-state index is 0.432. The molecule has 0 atom stereocenters. The molecule has 1 nitrogen and oxygen atoms in total. The van der Waals surface area contributed by atoms with Crippen molar-refractivity contribution in [3.8, 4) is 44.5 Å². The first kappa shape index (κ1) is 34.3. The van der Waals surface area contributed by atoms with Gasteiger partial charge in [0.25, 0.3) is 0 Å². The lowest BCUT2D eigenvalue weighted by atomic mass is 9.70. The first-order chi connectivity index (χ1) is 29.5. The summed E-state index contributed by atoms with van der Waals surface area (Å²) in [4.78, 5) is 2.55. The molecule has 2 aliphatic carbocycles. The van der Waals surface area contributed by atoms with Crippen molar-refractivity contribution in [2.45, 2.75) is 5.41 Å². The predicted octanol–water partition coefficient (Wildman–Crippen LogP) is 14.7. The molecule has 1 aromatic heterocycles. The van der Waals surface area contributed by atoms with Gasteiger partial charge in [0.2, 0.25) is 0 Å². The van der Waals surface area contributed by atoms with Crippen LogP contribution >= 0.6 is 18.6 Å². The van der Waals surface area contributed by atoms with Gasteiger partial charge in [-0.2, -0.15) is 0 Å². The van der Waals surface area contributed by atoms with Crippen molar-refractivity contribution in [2.24, 2.45) is 0 Å². The fraction of sp³-hybridized carbons (Fsp3) is 0.0526. The summed E-state index contributed by atoms with van der Waals surface area (Å²) in [5.41, 5.74) is 19.1. The third kappa shape index (κ3) is 4.45. The van der Waals surface area contributed by atoms with E-state index in [2.05, 4.69) is 218 Å². The van der Waals surface area contributed by atoms with Crippen molar-refractivity contribution >= 4 is 66.4 Å². The molecule has 1 aliphatic heterocycles. The maximum atomic E-state index is 2.55. The second-order valence-electron chi connectivity index (χ2n) is 16.9. The minimum Gasteiger partial charge on any atom is -0.310 e. The van der Waals surface area contributed by atoms with Crippen molar-refractivity contribution in [3.63, 3.8) is 0 Å². The number of nitrogens with zero attached hydrogens (tertiary/aromatic N) is 1. The average molecular weight is 801 g/mol. The molecule has 0 unspecified atom stereocenters. The molecule has 0 N–H and O–H groups in total. The third-order valence-corrected chi connectivity index (χ3v) is 18.0. The summed E-state index contributed by atoms with van der Waals surface area (Å²) in [6.45, 7) is 4.99. The number of benzene rings is 9. The second-order valence-corrected chi connectivity index (χ2v) is 21.8. The van der Waals surface area contributed by atoms with Crippen LogP contribution in [0.2, 0.25) is 0 Å². The SMILES string of the molecule is C[P+]1(C)c2ccccc2-c2cccc(-c3cccc(N(c4ccc5c(c4)C4(c6ccccc6-c6ccccc64)c4ccccc4-5)c4cccc5sc6ccccc6c45)c3)c21. The predicted molar refractivity (Wildman–Crippen MR) is 259 cm³/mol. The Kier molecular flexibility index (Phi) is 7.13. The first-order valence-electron chi connectivity index (χ1n) is 20.9. The Hall–Kier alpha value is -6.57. The first-order valence-corrected chi connectivity index (χ1v) is 24.4. The zero-order chi connectivity index (χ0) is 39.7. The molecule has 282 valence electrons. The standard InChI is InChI=1S/C57H39NPS/c1-59(2)52-29-11-6-21-44(52)45-24-14-23-39(56(45)59)36-16-13-17-37(34-36)58(51-28-15-31-54-55(51)46-22-7-12-30-53(46)60-54)38-32-33-43-42-20-5-10-27-49(42)57(50(43)35-38)47-25-8-3-18-40(47)41-19-4-9-26-48(41)57/h3-35H,1-2H3/q+1. The summed E-state index contributed by atoms with van der Waals surface area (Å²) in [5.74, 6) is 0. The quantitative estimate of drug-likeness (QED) is 0.160. The Bertz CT molecular complexity index is 3380. The fourth-order valence-electron chi connectivity index (χ4n) is 11.3. The van der Waals surface area contributed by atoms with Gasteiger partial charge in [0.1, 0.15) is 10.6 Å². The zero-order valence-corrected chi connectivity index (χ0v) is 35.1. The molecule has 60 heavy (non-hydrogen) atoms. The summed E-state index contributed by atoms with van der Waals surface area (Å²) >= 11 is 1.88. The van der Waals surface area contributed by atoms with Gasteiger partial charge in [-0.3, -0.25) is 0 Å². The van der Waals surface area contributed by atoms with Gasteiger partial charge in [-0.1, -0.05) is 152 Å². The van der Waals surface area contributed by atoms with Crippen LogP contribution < -0.4 is 15.5 Å². The van der Waals surface area contributed by atoms with E-state index in [0.717, 1.165) is 11.4 Å². The summed E-state index contributed by atoms with van der Waals surface area (Å²) in [5, 5.41) is 5.60. The van der Waals surface area contributed by atoms with E-state index >= 15 is 0 Å². The second kappa shape index (κ2) is 12.5. The molecular weight excluding hydrogens is 762 g/mol. The summed E-state index contributed by atoms with van der Waals surface area (Å²) in [6, 6.07) is 75.7. The molecule has 0 fully saturated rings. The molecule has 10 aromatic rings. The highest BCUT2D eigenvalue weighted by Gasteiger charge is 2.52. The zero-order valence-electron chi connectivity index (χ0n) is 33.4. The number of hydrogen-bond acceptors (Lipinski definition) is 2. The molecular formula is C57H39NPS+. The molecule has 3 heteroatoms. The highest BCUT2D eigenvalue weighted by molar-refractivity contribution is 7.89. The molecule has 0 bridgehead atoms. The Morgan fingerprint density at radius 1 is 0.417 bits per heavy atom. The van der Waals surface area contributed by atoms with E-state index < -0.39 is 12.7 Å². The lowest BCUT2D eigenvalue weighted by Gasteiger charge is -2.32. The van der Waals surface area contributed by atoms with Gasteiger partial charge >= 0.3 is 0 Å². The van der Waals surface area contributed by atoms with Gasteiger partial charge in [0, 0.05) is 48.2 Å². The van der Waals surface area contributed by atoms with Gasteiger partial charge in [0.15, 0.2) is 0 Å². The van der Waals surface area contributed by atoms with Crippen molar-refractivity contribution in [2.75, 3.05) is 18.2 Å². The van der Waals surface area contributed by atoms with Gasteiger partial charge in [-0.15, -0.1) is 11.3 Å². The molecule has 0 saturated heterocycles. The summed E-state index contributed by atoms with van der Waals surface area (Å²) in [6.07, 6.45) is 0. The lowest BCUT2D eigenvalue weighted by Crippen LogP contribution is -2.26. The highest BCUT2D eigenvalue weighted by Crippen LogP contribution is 2.64. The van der Waals surface area contributed by atoms with Crippen molar-refractivity contribution in [1.82, 2.24) is 0 Å². The van der Waals surface area contributed by atoms with Crippen LogP contribution in [0, 0.1) is 0 Å². The Morgan fingerprint density at radius 3 is 1.72 bits per heavy atom. The average Bonchev–Trinajstić information content (AvgIpc) is 3.99. The van der Waals surface area contributed by atoms with Crippen LogP contribution in [0.4, 0.5) is 17.1 Å². The topological polar surface area (TPSA) is 3.24 Å².